The zero-order chi connectivity index (χ0) is 19.5. The van der Waals surface area contributed by atoms with Gasteiger partial charge in [0, 0.05) is 23.7 Å². The third-order valence-electron chi connectivity index (χ3n) is 5.22. The molecular formula is C22H20FN3O2. The molecule has 0 aliphatic heterocycles. The number of nitrogens with zero attached hydrogens (tertiary/aromatic N) is 2. The third-order valence-corrected chi connectivity index (χ3v) is 5.22. The van der Waals surface area contributed by atoms with Crippen molar-refractivity contribution in [1.82, 2.24) is 15.4 Å². The molecule has 0 saturated carbocycles. The molecule has 1 aliphatic rings. The lowest BCUT2D eigenvalue weighted by atomic mass is 9.81. The Balaban J connectivity index is 1.50. The Hall–Kier alpha value is -3.12. The Morgan fingerprint density at radius 1 is 1.14 bits per heavy atom. The van der Waals surface area contributed by atoms with Crippen LogP contribution in [0.3, 0.4) is 0 Å². The Kier molecular flexibility index (Phi) is 5.12. The van der Waals surface area contributed by atoms with Crippen molar-refractivity contribution < 1.29 is 14.4 Å². The number of amides is 1. The molecule has 1 amide bonds. The SMILES string of the molecule is O=C(NO)c1ccc2c(c1)CC(Cc1nccc(-c3ccc(F)cc3)n1)CC2. The van der Waals surface area contributed by atoms with Crippen LogP contribution in [0.1, 0.15) is 33.7 Å². The molecule has 6 heteroatoms. The second kappa shape index (κ2) is 7.86. The van der Waals surface area contributed by atoms with Gasteiger partial charge in [0.2, 0.25) is 0 Å². The molecule has 3 aromatic rings. The molecule has 2 aromatic carbocycles. The molecule has 2 N–H and O–H groups in total. The van der Waals surface area contributed by atoms with Crippen molar-refractivity contribution in [2.45, 2.75) is 25.7 Å². The Labute approximate surface area is 162 Å². The second-order valence-electron chi connectivity index (χ2n) is 7.10. The van der Waals surface area contributed by atoms with Crippen LogP contribution in [0.15, 0.2) is 54.7 Å². The quantitative estimate of drug-likeness (QED) is 0.536. The van der Waals surface area contributed by atoms with Crippen molar-refractivity contribution in [2.75, 3.05) is 0 Å². The third kappa shape index (κ3) is 3.92. The highest BCUT2D eigenvalue weighted by molar-refractivity contribution is 5.93. The summed E-state index contributed by atoms with van der Waals surface area (Å²) in [6.07, 6.45) is 5.29. The first kappa shape index (κ1) is 18.3. The summed E-state index contributed by atoms with van der Waals surface area (Å²) in [7, 11) is 0. The number of benzene rings is 2. The van der Waals surface area contributed by atoms with E-state index in [1.165, 1.54) is 17.7 Å². The van der Waals surface area contributed by atoms with Crippen molar-refractivity contribution in [1.29, 1.82) is 0 Å². The average molecular weight is 377 g/mol. The van der Waals surface area contributed by atoms with E-state index in [4.69, 9.17) is 5.21 Å². The fourth-order valence-corrected chi connectivity index (χ4v) is 3.75. The van der Waals surface area contributed by atoms with E-state index in [0.29, 0.717) is 11.5 Å². The van der Waals surface area contributed by atoms with E-state index in [1.807, 2.05) is 18.2 Å². The van der Waals surface area contributed by atoms with Gasteiger partial charge in [-0.1, -0.05) is 6.07 Å². The lowest BCUT2D eigenvalue weighted by molar-refractivity contribution is 0.0706. The zero-order valence-electron chi connectivity index (χ0n) is 15.2. The number of carbonyl (C=O) groups is 1. The first-order valence-electron chi connectivity index (χ1n) is 9.26. The highest BCUT2D eigenvalue weighted by atomic mass is 19.1. The molecule has 1 unspecified atom stereocenters. The van der Waals surface area contributed by atoms with E-state index in [0.717, 1.165) is 48.3 Å². The topological polar surface area (TPSA) is 75.1 Å². The van der Waals surface area contributed by atoms with E-state index in [2.05, 4.69) is 9.97 Å². The van der Waals surface area contributed by atoms with Gasteiger partial charge < -0.3 is 0 Å². The first-order valence-corrected chi connectivity index (χ1v) is 9.26. The molecule has 0 spiro atoms. The van der Waals surface area contributed by atoms with Crippen LogP contribution in [0, 0.1) is 11.7 Å². The number of rotatable bonds is 4. The Morgan fingerprint density at radius 2 is 1.96 bits per heavy atom. The molecule has 1 aliphatic carbocycles. The number of hydrogen-bond donors (Lipinski definition) is 2. The molecule has 1 atom stereocenters. The van der Waals surface area contributed by atoms with E-state index < -0.39 is 5.91 Å². The van der Waals surface area contributed by atoms with Crippen molar-refractivity contribution in [3.63, 3.8) is 0 Å². The maximum Gasteiger partial charge on any atom is 0.274 e. The number of halogens is 1. The Morgan fingerprint density at radius 3 is 2.75 bits per heavy atom. The summed E-state index contributed by atoms with van der Waals surface area (Å²) in [5, 5.41) is 8.84. The number of aromatic nitrogens is 2. The van der Waals surface area contributed by atoms with Gasteiger partial charge in [-0.25, -0.2) is 19.8 Å². The lowest BCUT2D eigenvalue weighted by Gasteiger charge is -2.24. The molecule has 5 nitrogen and oxygen atoms in total. The van der Waals surface area contributed by atoms with Crippen LogP contribution in [0.4, 0.5) is 4.39 Å². The van der Waals surface area contributed by atoms with Gasteiger partial charge in [-0.3, -0.25) is 10.0 Å². The second-order valence-corrected chi connectivity index (χ2v) is 7.10. The molecule has 0 saturated heterocycles. The van der Waals surface area contributed by atoms with Crippen LogP contribution >= 0.6 is 0 Å². The number of hydroxylamine groups is 1. The fraction of sp³-hybridized carbons (Fsp3) is 0.227. The molecule has 142 valence electrons. The van der Waals surface area contributed by atoms with E-state index in [9.17, 15) is 9.18 Å². The molecule has 1 aromatic heterocycles. The van der Waals surface area contributed by atoms with E-state index >= 15 is 0 Å². The van der Waals surface area contributed by atoms with Crippen LogP contribution in [-0.2, 0) is 19.3 Å². The molecular weight excluding hydrogens is 357 g/mol. The van der Waals surface area contributed by atoms with Crippen LogP contribution in [0.2, 0.25) is 0 Å². The van der Waals surface area contributed by atoms with Crippen molar-refractivity contribution in [2.24, 2.45) is 5.92 Å². The molecule has 1 heterocycles. The zero-order valence-corrected chi connectivity index (χ0v) is 15.2. The maximum absolute atomic E-state index is 13.1. The summed E-state index contributed by atoms with van der Waals surface area (Å²) in [6.45, 7) is 0. The fourth-order valence-electron chi connectivity index (χ4n) is 3.75. The summed E-state index contributed by atoms with van der Waals surface area (Å²) < 4.78 is 13.1. The van der Waals surface area contributed by atoms with Gasteiger partial charge >= 0.3 is 0 Å². The summed E-state index contributed by atoms with van der Waals surface area (Å²) >= 11 is 0. The van der Waals surface area contributed by atoms with Crippen LogP contribution < -0.4 is 5.48 Å². The minimum absolute atomic E-state index is 0.270. The minimum Gasteiger partial charge on any atom is -0.288 e. The normalized spacial score (nSPS) is 15.7. The number of carbonyl (C=O) groups excluding carboxylic acids is 1. The van der Waals surface area contributed by atoms with Gasteiger partial charge in [0.15, 0.2) is 0 Å². The summed E-state index contributed by atoms with van der Waals surface area (Å²) in [5.74, 6) is 0.372. The lowest BCUT2D eigenvalue weighted by Crippen LogP contribution is -2.21. The van der Waals surface area contributed by atoms with Crippen molar-refractivity contribution in [3.05, 3.63) is 83.1 Å². The standard InChI is InChI=1S/C22H20FN3O2/c23-19-7-5-16(6-8-19)20-9-10-24-21(25-20)12-14-1-2-15-3-4-17(22(27)26-28)13-18(15)11-14/h3-10,13-14,28H,1-2,11-12H2,(H,26,27). The number of aryl methyl sites for hydroxylation is 1. The number of fused-ring (bicyclic) bond motifs is 1. The van der Waals surface area contributed by atoms with Gasteiger partial charge in [0.05, 0.1) is 5.69 Å². The average Bonchev–Trinajstić information content (AvgIpc) is 2.73. The van der Waals surface area contributed by atoms with Gasteiger partial charge in [0.25, 0.3) is 5.91 Å². The first-order chi connectivity index (χ1) is 13.6. The monoisotopic (exact) mass is 377 g/mol. The van der Waals surface area contributed by atoms with Crippen LogP contribution in [0.5, 0.6) is 0 Å². The largest absolute Gasteiger partial charge is 0.288 e. The molecule has 28 heavy (non-hydrogen) atoms. The molecule has 0 bridgehead atoms. The molecule has 0 radical (unpaired) electrons. The minimum atomic E-state index is -0.500. The van der Waals surface area contributed by atoms with E-state index in [-0.39, 0.29) is 5.82 Å². The Bertz CT molecular complexity index is 1000. The van der Waals surface area contributed by atoms with Crippen LogP contribution in [-0.4, -0.2) is 21.1 Å². The van der Waals surface area contributed by atoms with Crippen molar-refractivity contribution >= 4 is 5.91 Å². The maximum atomic E-state index is 13.1. The molecule has 4 rings (SSSR count). The van der Waals surface area contributed by atoms with Gasteiger partial charge in [-0.15, -0.1) is 0 Å². The van der Waals surface area contributed by atoms with E-state index in [1.54, 1.807) is 29.9 Å². The van der Waals surface area contributed by atoms with Crippen molar-refractivity contribution in [3.8, 4) is 11.3 Å². The van der Waals surface area contributed by atoms with Crippen LogP contribution in [0.25, 0.3) is 11.3 Å². The van der Waals surface area contributed by atoms with Gasteiger partial charge in [0.1, 0.15) is 11.6 Å². The van der Waals surface area contributed by atoms with Gasteiger partial charge in [-0.05, 0) is 78.8 Å². The predicted molar refractivity (Wildman–Crippen MR) is 102 cm³/mol. The summed E-state index contributed by atoms with van der Waals surface area (Å²) in [4.78, 5) is 20.7. The highest BCUT2D eigenvalue weighted by Crippen LogP contribution is 2.28. The summed E-state index contributed by atoms with van der Waals surface area (Å²) in [6, 6.07) is 13.7. The highest BCUT2D eigenvalue weighted by Gasteiger charge is 2.21. The smallest absolute Gasteiger partial charge is 0.274 e. The molecule has 0 fully saturated rings. The summed E-state index contributed by atoms with van der Waals surface area (Å²) in [5.41, 5.74) is 6.15. The van der Waals surface area contributed by atoms with Gasteiger partial charge in [-0.2, -0.15) is 0 Å². The number of nitrogens with one attached hydrogen (secondary N) is 1. The number of hydrogen-bond acceptors (Lipinski definition) is 4. The predicted octanol–water partition coefficient (Wildman–Crippen LogP) is 3.75.